The summed E-state index contributed by atoms with van der Waals surface area (Å²) in [4.78, 5) is 15.7. The Balaban J connectivity index is 2.40. The normalized spacial score (nSPS) is 10.1. The van der Waals surface area contributed by atoms with E-state index in [4.69, 9.17) is 4.74 Å². The predicted molar refractivity (Wildman–Crippen MR) is 63.9 cm³/mol. The molecule has 0 aliphatic heterocycles. The largest absolute Gasteiger partial charge is 0.481 e. The minimum absolute atomic E-state index is 0.172. The summed E-state index contributed by atoms with van der Waals surface area (Å²) >= 11 is 0. The Morgan fingerprint density at radius 1 is 1.31 bits per heavy atom. The molecule has 88 valence electrons. The van der Waals surface area contributed by atoms with Gasteiger partial charge in [-0.2, -0.15) is 0 Å². The third-order valence-electron chi connectivity index (χ3n) is 2.52. The fraction of sp³-hybridized carbons (Fsp3) is 0.538. The Morgan fingerprint density at radius 3 is 2.69 bits per heavy atom. The highest BCUT2D eigenvalue weighted by Crippen LogP contribution is 2.11. The number of hydrogen-bond donors (Lipinski definition) is 0. The number of carbonyl (C=O) groups excluding carboxylic acids is 1. The Bertz CT molecular complexity index is 319. The van der Waals surface area contributed by atoms with Crippen LogP contribution < -0.4 is 4.74 Å². The van der Waals surface area contributed by atoms with Crippen molar-refractivity contribution < 1.29 is 9.53 Å². The van der Waals surface area contributed by atoms with Crippen molar-refractivity contribution >= 4 is 5.78 Å². The third-order valence-corrected chi connectivity index (χ3v) is 2.52. The van der Waals surface area contributed by atoms with Gasteiger partial charge in [-0.15, -0.1) is 0 Å². The van der Waals surface area contributed by atoms with Gasteiger partial charge in [-0.25, -0.2) is 4.98 Å². The molecule has 3 heteroatoms. The maximum Gasteiger partial charge on any atom is 0.212 e. The van der Waals surface area contributed by atoms with Crippen LogP contribution in [-0.2, 0) is 0 Å². The maximum atomic E-state index is 11.7. The average molecular weight is 221 g/mol. The molecule has 0 N–H and O–H groups in total. The lowest BCUT2D eigenvalue weighted by Gasteiger charge is -2.02. The summed E-state index contributed by atoms with van der Waals surface area (Å²) in [6.07, 6.45) is 6.70. The van der Waals surface area contributed by atoms with E-state index in [-0.39, 0.29) is 5.78 Å². The monoisotopic (exact) mass is 221 g/mol. The molecule has 16 heavy (non-hydrogen) atoms. The highest BCUT2D eigenvalue weighted by Gasteiger charge is 2.05. The lowest BCUT2D eigenvalue weighted by Crippen LogP contribution is -2.00. The van der Waals surface area contributed by atoms with Crippen LogP contribution in [-0.4, -0.2) is 17.9 Å². The number of methoxy groups -OCH3 is 1. The van der Waals surface area contributed by atoms with E-state index >= 15 is 0 Å². The van der Waals surface area contributed by atoms with Gasteiger partial charge in [0.2, 0.25) is 5.88 Å². The lowest BCUT2D eigenvalue weighted by atomic mass is 10.1. The quantitative estimate of drug-likeness (QED) is 0.524. The first kappa shape index (κ1) is 12.7. The van der Waals surface area contributed by atoms with Gasteiger partial charge in [0.15, 0.2) is 5.78 Å². The molecule has 0 amide bonds. The van der Waals surface area contributed by atoms with E-state index in [1.165, 1.54) is 12.8 Å². The van der Waals surface area contributed by atoms with Crippen LogP contribution in [0.2, 0.25) is 0 Å². The van der Waals surface area contributed by atoms with Crippen LogP contribution in [0.15, 0.2) is 18.3 Å². The number of ether oxygens (including phenoxy) is 1. The summed E-state index contributed by atoms with van der Waals surface area (Å²) in [5.41, 5.74) is 0.678. The fourth-order valence-corrected chi connectivity index (χ4v) is 1.52. The summed E-state index contributed by atoms with van der Waals surface area (Å²) in [5.74, 6) is 0.716. The van der Waals surface area contributed by atoms with Crippen molar-refractivity contribution in [1.82, 2.24) is 4.98 Å². The van der Waals surface area contributed by atoms with Crippen LogP contribution in [0.1, 0.15) is 49.4 Å². The SMILES string of the molecule is CCCCCCC(=O)c1ccc(OC)nc1. The Labute approximate surface area is 96.8 Å². The highest BCUT2D eigenvalue weighted by molar-refractivity contribution is 5.95. The van der Waals surface area contributed by atoms with Gasteiger partial charge >= 0.3 is 0 Å². The molecular weight excluding hydrogens is 202 g/mol. The second kappa shape index (κ2) is 6.99. The van der Waals surface area contributed by atoms with Crippen molar-refractivity contribution in [2.24, 2.45) is 0 Å². The number of rotatable bonds is 7. The van der Waals surface area contributed by atoms with Crippen LogP contribution >= 0.6 is 0 Å². The van der Waals surface area contributed by atoms with Gasteiger partial charge in [0.1, 0.15) is 0 Å². The second-order valence-electron chi connectivity index (χ2n) is 3.82. The number of hydrogen-bond acceptors (Lipinski definition) is 3. The van der Waals surface area contributed by atoms with Crippen molar-refractivity contribution in [2.45, 2.75) is 39.0 Å². The molecule has 0 aliphatic carbocycles. The smallest absolute Gasteiger partial charge is 0.212 e. The maximum absolute atomic E-state index is 11.7. The van der Waals surface area contributed by atoms with Gasteiger partial charge in [-0.3, -0.25) is 4.79 Å². The molecule has 0 atom stereocenters. The zero-order valence-corrected chi connectivity index (χ0v) is 10.0. The number of unbranched alkanes of at least 4 members (excludes halogenated alkanes) is 3. The fourth-order valence-electron chi connectivity index (χ4n) is 1.52. The van der Waals surface area contributed by atoms with Crippen LogP contribution in [0.5, 0.6) is 5.88 Å². The van der Waals surface area contributed by atoms with Crippen molar-refractivity contribution in [3.8, 4) is 5.88 Å². The van der Waals surface area contributed by atoms with Crippen LogP contribution in [0.3, 0.4) is 0 Å². The van der Waals surface area contributed by atoms with E-state index in [1.807, 2.05) is 0 Å². The van der Waals surface area contributed by atoms with Gasteiger partial charge < -0.3 is 4.74 Å². The van der Waals surface area contributed by atoms with Crippen LogP contribution in [0.25, 0.3) is 0 Å². The molecule has 1 aromatic heterocycles. The summed E-state index contributed by atoms with van der Waals surface area (Å²) in [6.45, 7) is 2.16. The zero-order chi connectivity index (χ0) is 11.8. The molecule has 0 saturated heterocycles. The summed E-state index contributed by atoms with van der Waals surface area (Å²) in [6, 6.07) is 3.49. The molecule has 1 heterocycles. The standard InChI is InChI=1S/C13H19NO2/c1-3-4-5-6-7-12(15)11-8-9-13(16-2)14-10-11/h8-10H,3-7H2,1-2H3. The Hall–Kier alpha value is -1.38. The molecule has 1 aromatic rings. The molecule has 0 spiro atoms. The van der Waals surface area contributed by atoms with E-state index in [1.54, 1.807) is 25.4 Å². The molecule has 0 aromatic carbocycles. The van der Waals surface area contributed by atoms with E-state index < -0.39 is 0 Å². The number of aromatic nitrogens is 1. The van der Waals surface area contributed by atoms with Crippen molar-refractivity contribution in [3.63, 3.8) is 0 Å². The van der Waals surface area contributed by atoms with E-state index in [0.717, 1.165) is 12.8 Å². The van der Waals surface area contributed by atoms with E-state index in [2.05, 4.69) is 11.9 Å². The van der Waals surface area contributed by atoms with Gasteiger partial charge in [-0.05, 0) is 12.5 Å². The van der Waals surface area contributed by atoms with Gasteiger partial charge in [0.05, 0.1) is 7.11 Å². The molecule has 0 fully saturated rings. The molecule has 3 nitrogen and oxygen atoms in total. The first-order valence-corrected chi connectivity index (χ1v) is 5.81. The number of pyridine rings is 1. The molecule has 1 rings (SSSR count). The summed E-state index contributed by atoms with van der Waals surface area (Å²) in [7, 11) is 1.56. The average Bonchev–Trinajstić information content (AvgIpc) is 2.34. The molecule has 0 saturated carbocycles. The molecule has 0 aliphatic rings. The Kier molecular flexibility index (Phi) is 5.54. The van der Waals surface area contributed by atoms with E-state index in [9.17, 15) is 4.79 Å². The van der Waals surface area contributed by atoms with Crippen LogP contribution in [0, 0.1) is 0 Å². The Morgan fingerprint density at radius 2 is 2.12 bits per heavy atom. The van der Waals surface area contributed by atoms with Crippen LogP contribution in [0.4, 0.5) is 0 Å². The minimum Gasteiger partial charge on any atom is -0.481 e. The van der Waals surface area contributed by atoms with Crippen molar-refractivity contribution in [1.29, 1.82) is 0 Å². The number of ketones is 1. The molecule has 0 radical (unpaired) electrons. The minimum atomic E-state index is 0.172. The molecular formula is C13H19NO2. The second-order valence-corrected chi connectivity index (χ2v) is 3.82. The topological polar surface area (TPSA) is 39.2 Å². The summed E-state index contributed by atoms with van der Waals surface area (Å²) < 4.78 is 4.94. The number of carbonyl (C=O) groups is 1. The van der Waals surface area contributed by atoms with Gasteiger partial charge in [-0.1, -0.05) is 26.2 Å². The van der Waals surface area contributed by atoms with Gasteiger partial charge in [0.25, 0.3) is 0 Å². The predicted octanol–water partition coefficient (Wildman–Crippen LogP) is 3.24. The first-order valence-electron chi connectivity index (χ1n) is 5.81. The zero-order valence-electron chi connectivity index (χ0n) is 10.0. The molecule has 0 bridgehead atoms. The van der Waals surface area contributed by atoms with Crippen molar-refractivity contribution in [3.05, 3.63) is 23.9 Å². The summed E-state index contributed by atoms with van der Waals surface area (Å²) in [5, 5.41) is 0. The first-order chi connectivity index (χ1) is 7.77. The molecule has 0 unspecified atom stereocenters. The highest BCUT2D eigenvalue weighted by atomic mass is 16.5. The van der Waals surface area contributed by atoms with E-state index in [0.29, 0.717) is 17.9 Å². The lowest BCUT2D eigenvalue weighted by molar-refractivity contribution is 0.0978. The number of Topliss-reactive ketones (excluding diaryl/α,β-unsaturated/α-hetero) is 1. The van der Waals surface area contributed by atoms with Crippen molar-refractivity contribution in [2.75, 3.05) is 7.11 Å². The third kappa shape index (κ3) is 4.01. The van der Waals surface area contributed by atoms with Gasteiger partial charge in [0, 0.05) is 24.2 Å². The number of nitrogens with zero attached hydrogens (tertiary/aromatic N) is 1.